The molecule has 0 heterocycles. The lowest BCUT2D eigenvalue weighted by Gasteiger charge is -2.14. The van der Waals surface area contributed by atoms with Gasteiger partial charge in [0, 0.05) is 22.6 Å². The van der Waals surface area contributed by atoms with E-state index in [9.17, 15) is 19.5 Å². The second-order valence-electron chi connectivity index (χ2n) is 7.30. The molecular formula is C25H22Cl2N2O6S. The molecule has 0 aliphatic carbocycles. The van der Waals surface area contributed by atoms with Crippen LogP contribution in [0.15, 0.2) is 71.6 Å². The summed E-state index contributed by atoms with van der Waals surface area (Å²) in [5, 5.41) is 14.4. The molecule has 2 amide bonds. The number of rotatable bonds is 10. The molecule has 0 saturated carbocycles. The van der Waals surface area contributed by atoms with Gasteiger partial charge in [-0.3, -0.25) is 14.9 Å². The Morgan fingerprint density at radius 3 is 2.17 bits per heavy atom. The fraction of sp³-hybridized carbons (Fsp3) is 0.160. The number of hydrogen-bond donors (Lipinski definition) is 3. The normalized spacial score (nSPS) is 11.3. The van der Waals surface area contributed by atoms with Gasteiger partial charge >= 0.3 is 12.1 Å². The summed E-state index contributed by atoms with van der Waals surface area (Å²) in [6, 6.07) is 18.2. The molecule has 0 aromatic heterocycles. The summed E-state index contributed by atoms with van der Waals surface area (Å²) in [4.78, 5) is 36.8. The number of benzene rings is 3. The van der Waals surface area contributed by atoms with E-state index in [1.54, 1.807) is 73.8 Å². The third-order valence-corrected chi connectivity index (χ3v) is 6.72. The predicted octanol–water partition coefficient (Wildman–Crippen LogP) is 6.44. The zero-order valence-electron chi connectivity index (χ0n) is 19.0. The van der Waals surface area contributed by atoms with E-state index < -0.39 is 17.3 Å². The largest absolute Gasteiger partial charge is 0.497 e. The highest BCUT2D eigenvalue weighted by molar-refractivity contribution is 8.00. The van der Waals surface area contributed by atoms with Crippen molar-refractivity contribution in [2.45, 2.75) is 16.6 Å². The Hall–Kier alpha value is -3.40. The van der Waals surface area contributed by atoms with E-state index in [0.29, 0.717) is 21.9 Å². The Kier molecular flexibility index (Phi) is 9.86. The van der Waals surface area contributed by atoms with Crippen LogP contribution in [-0.4, -0.2) is 42.0 Å². The van der Waals surface area contributed by atoms with Crippen LogP contribution in [0.2, 0.25) is 10.0 Å². The molecule has 3 aromatic carbocycles. The van der Waals surface area contributed by atoms with E-state index in [1.807, 2.05) is 0 Å². The highest BCUT2D eigenvalue weighted by atomic mass is 35.5. The van der Waals surface area contributed by atoms with Crippen molar-refractivity contribution in [1.82, 2.24) is 0 Å². The number of ether oxygens (including phenoxy) is 2. The van der Waals surface area contributed by atoms with Gasteiger partial charge in [-0.15, -0.1) is 11.8 Å². The minimum atomic E-state index is -1.05. The minimum absolute atomic E-state index is 0.0691. The number of anilines is 2. The quantitative estimate of drug-likeness (QED) is 0.250. The molecule has 0 aliphatic heterocycles. The first-order chi connectivity index (χ1) is 17.3. The number of methoxy groups -OCH3 is 1. The van der Waals surface area contributed by atoms with E-state index in [2.05, 4.69) is 10.6 Å². The fourth-order valence-corrected chi connectivity index (χ4v) is 4.40. The molecular weight excluding hydrogens is 527 g/mol. The number of thioether (sulfide) groups is 1. The van der Waals surface area contributed by atoms with Gasteiger partial charge in [-0.1, -0.05) is 29.3 Å². The number of carboxylic acid groups (broad SMARTS) is 1. The molecule has 3 rings (SSSR count). The molecule has 0 saturated heterocycles. The van der Waals surface area contributed by atoms with Crippen molar-refractivity contribution in [3.05, 3.63) is 82.3 Å². The lowest BCUT2D eigenvalue weighted by atomic mass is 10.2. The highest BCUT2D eigenvalue weighted by Gasteiger charge is 2.20. The smallest absolute Gasteiger partial charge is 0.411 e. The summed E-state index contributed by atoms with van der Waals surface area (Å²) < 4.78 is 10.2. The van der Waals surface area contributed by atoms with Crippen molar-refractivity contribution in [2.24, 2.45) is 0 Å². The molecule has 1 unspecified atom stereocenters. The number of nitrogens with one attached hydrogen (secondary N) is 2. The summed E-state index contributed by atoms with van der Waals surface area (Å²) in [6.07, 6.45) is -0.726. The number of aliphatic carboxylic acids is 1. The average molecular weight is 549 g/mol. The lowest BCUT2D eigenvalue weighted by Crippen LogP contribution is -2.21. The number of carbonyl (C=O) groups excluding carboxylic acids is 2. The standard InChI is InChI=1S/C25H22Cl2N2O6S/c1-34-17-9-5-15(6-10-17)23(30)28-16-7-11-18(12-8-16)36-21(24(31)32)13-14-35-25(33)29-22-19(26)3-2-4-20(22)27/h2-12,21H,13-14H2,1H3,(H,28,30)(H,29,33)(H,31,32). The van der Waals surface area contributed by atoms with Gasteiger partial charge in [-0.05, 0) is 60.7 Å². The summed E-state index contributed by atoms with van der Waals surface area (Å²) in [5.74, 6) is -0.679. The zero-order valence-corrected chi connectivity index (χ0v) is 21.3. The molecule has 0 radical (unpaired) electrons. The Morgan fingerprint density at radius 1 is 0.944 bits per heavy atom. The SMILES string of the molecule is COc1ccc(C(=O)Nc2ccc(SC(CCOC(=O)Nc3c(Cl)cccc3Cl)C(=O)O)cc2)cc1. The molecule has 0 spiro atoms. The Balaban J connectivity index is 1.50. The van der Waals surface area contributed by atoms with Crippen molar-refractivity contribution in [3.8, 4) is 5.75 Å². The van der Waals surface area contributed by atoms with E-state index >= 15 is 0 Å². The van der Waals surface area contributed by atoms with E-state index in [1.165, 1.54) is 0 Å². The number of para-hydroxylation sites is 1. The number of carboxylic acids is 1. The van der Waals surface area contributed by atoms with Crippen molar-refractivity contribution < 1.29 is 29.0 Å². The van der Waals surface area contributed by atoms with Crippen LogP contribution < -0.4 is 15.4 Å². The molecule has 11 heteroatoms. The Morgan fingerprint density at radius 2 is 1.58 bits per heavy atom. The maximum Gasteiger partial charge on any atom is 0.411 e. The topological polar surface area (TPSA) is 114 Å². The first kappa shape index (κ1) is 27.2. The lowest BCUT2D eigenvalue weighted by molar-refractivity contribution is -0.136. The van der Waals surface area contributed by atoms with Crippen molar-refractivity contribution in [2.75, 3.05) is 24.4 Å². The van der Waals surface area contributed by atoms with Crippen LogP contribution in [0.3, 0.4) is 0 Å². The first-order valence-electron chi connectivity index (χ1n) is 10.6. The number of halogens is 2. The average Bonchev–Trinajstić information content (AvgIpc) is 2.86. The van der Waals surface area contributed by atoms with Crippen molar-refractivity contribution in [1.29, 1.82) is 0 Å². The maximum absolute atomic E-state index is 12.4. The van der Waals surface area contributed by atoms with Crippen molar-refractivity contribution >= 4 is 64.3 Å². The van der Waals surface area contributed by atoms with Gasteiger partial charge in [-0.25, -0.2) is 4.79 Å². The van der Waals surface area contributed by atoms with Crippen LogP contribution in [0, 0.1) is 0 Å². The van der Waals surface area contributed by atoms with Gasteiger partial charge in [0.1, 0.15) is 11.0 Å². The van der Waals surface area contributed by atoms with Crippen LogP contribution in [0.1, 0.15) is 16.8 Å². The monoisotopic (exact) mass is 548 g/mol. The van der Waals surface area contributed by atoms with Crippen LogP contribution in [0.5, 0.6) is 5.75 Å². The molecule has 0 aliphatic rings. The fourth-order valence-electron chi connectivity index (χ4n) is 2.97. The molecule has 0 fully saturated rings. The number of carbonyl (C=O) groups is 3. The van der Waals surface area contributed by atoms with Gasteiger partial charge in [0.05, 0.1) is 29.4 Å². The van der Waals surface area contributed by atoms with Gasteiger partial charge in [0.15, 0.2) is 0 Å². The molecule has 3 N–H and O–H groups in total. The highest BCUT2D eigenvalue weighted by Crippen LogP contribution is 2.30. The summed E-state index contributed by atoms with van der Waals surface area (Å²) in [6.45, 7) is -0.131. The molecule has 8 nitrogen and oxygen atoms in total. The van der Waals surface area contributed by atoms with Crippen LogP contribution in [-0.2, 0) is 9.53 Å². The summed E-state index contributed by atoms with van der Waals surface area (Å²) >= 11 is 13.1. The third-order valence-electron chi connectivity index (χ3n) is 4.82. The summed E-state index contributed by atoms with van der Waals surface area (Å²) in [5.41, 5.74) is 1.25. The summed E-state index contributed by atoms with van der Waals surface area (Å²) in [7, 11) is 1.55. The van der Waals surface area contributed by atoms with Gasteiger partial charge < -0.3 is 19.9 Å². The van der Waals surface area contributed by atoms with Gasteiger partial charge in [0.25, 0.3) is 5.91 Å². The van der Waals surface area contributed by atoms with Gasteiger partial charge in [0.2, 0.25) is 0 Å². The molecule has 3 aromatic rings. The second kappa shape index (κ2) is 13.1. The van der Waals surface area contributed by atoms with Crippen molar-refractivity contribution in [3.63, 3.8) is 0 Å². The molecule has 1 atom stereocenters. The molecule has 188 valence electrons. The van der Waals surface area contributed by atoms with Crippen LogP contribution in [0.4, 0.5) is 16.2 Å². The second-order valence-corrected chi connectivity index (χ2v) is 9.39. The van der Waals surface area contributed by atoms with E-state index in [4.69, 9.17) is 32.7 Å². The maximum atomic E-state index is 12.4. The Bertz CT molecular complexity index is 1200. The van der Waals surface area contributed by atoms with Gasteiger partial charge in [-0.2, -0.15) is 0 Å². The van der Waals surface area contributed by atoms with E-state index in [-0.39, 0.29) is 34.7 Å². The number of amides is 2. The number of hydrogen-bond acceptors (Lipinski definition) is 6. The zero-order chi connectivity index (χ0) is 26.1. The predicted molar refractivity (Wildman–Crippen MR) is 141 cm³/mol. The van der Waals surface area contributed by atoms with Crippen LogP contribution in [0.25, 0.3) is 0 Å². The first-order valence-corrected chi connectivity index (χ1v) is 12.2. The molecule has 36 heavy (non-hydrogen) atoms. The third kappa shape index (κ3) is 7.81. The minimum Gasteiger partial charge on any atom is -0.497 e. The van der Waals surface area contributed by atoms with Crippen LogP contribution >= 0.6 is 35.0 Å². The Labute approximate surface area is 221 Å². The van der Waals surface area contributed by atoms with E-state index in [0.717, 1.165) is 11.8 Å². The molecule has 0 bridgehead atoms.